The summed E-state index contributed by atoms with van der Waals surface area (Å²) in [5, 5.41) is 0. The molecule has 114 valence electrons. The van der Waals surface area contributed by atoms with E-state index in [1.807, 2.05) is 58.0 Å². The maximum Gasteiger partial charge on any atom is 0.168 e. The molecule has 21 heavy (non-hydrogen) atoms. The van der Waals surface area contributed by atoms with E-state index < -0.39 is 5.41 Å². The second kappa shape index (κ2) is 6.13. The standard InChI is InChI=1S/C19H26O2/c1-13(2)17(20)15-10-11-16(12-15)19(3,4)18(21)14-8-6-5-7-9-14/h5-9,13,15-16H,10-12H2,1-4H3. The molecule has 0 bridgehead atoms. The molecule has 0 heterocycles. The fourth-order valence-electron chi connectivity index (χ4n) is 3.51. The maximum absolute atomic E-state index is 12.8. The fraction of sp³-hybridized carbons (Fsp3) is 0.579. The second-order valence-corrected chi connectivity index (χ2v) is 7.18. The first-order valence-corrected chi connectivity index (χ1v) is 7.97. The van der Waals surface area contributed by atoms with Crippen LogP contribution in [0.2, 0.25) is 0 Å². The highest BCUT2D eigenvalue weighted by molar-refractivity contribution is 6.00. The number of hydrogen-bond donors (Lipinski definition) is 0. The molecule has 2 rings (SSSR count). The van der Waals surface area contributed by atoms with Gasteiger partial charge >= 0.3 is 0 Å². The zero-order valence-corrected chi connectivity index (χ0v) is 13.6. The third-order valence-corrected chi connectivity index (χ3v) is 5.05. The first-order chi connectivity index (χ1) is 9.84. The Balaban J connectivity index is 2.11. The number of rotatable bonds is 5. The van der Waals surface area contributed by atoms with Crippen molar-refractivity contribution in [2.24, 2.45) is 23.2 Å². The normalized spacial score (nSPS) is 22.5. The summed E-state index contributed by atoms with van der Waals surface area (Å²) in [6.45, 7) is 8.01. The Hall–Kier alpha value is -1.44. The van der Waals surface area contributed by atoms with Crippen LogP contribution in [0.4, 0.5) is 0 Å². The SMILES string of the molecule is CC(C)C(=O)C1CCC(C(C)(C)C(=O)c2ccccc2)C1. The molecule has 1 aromatic carbocycles. The van der Waals surface area contributed by atoms with Crippen LogP contribution < -0.4 is 0 Å². The molecule has 0 aliphatic heterocycles. The largest absolute Gasteiger partial charge is 0.299 e. The van der Waals surface area contributed by atoms with Crippen molar-refractivity contribution in [1.82, 2.24) is 0 Å². The molecule has 2 atom stereocenters. The fourth-order valence-corrected chi connectivity index (χ4v) is 3.51. The van der Waals surface area contributed by atoms with E-state index in [1.165, 1.54) is 0 Å². The summed E-state index contributed by atoms with van der Waals surface area (Å²) in [6, 6.07) is 9.51. The van der Waals surface area contributed by atoms with E-state index >= 15 is 0 Å². The number of hydrogen-bond acceptors (Lipinski definition) is 2. The Kier molecular flexibility index (Phi) is 4.65. The highest BCUT2D eigenvalue weighted by atomic mass is 16.1. The lowest BCUT2D eigenvalue weighted by molar-refractivity contribution is -0.125. The molecular formula is C19H26O2. The first kappa shape index (κ1) is 15.9. The van der Waals surface area contributed by atoms with Crippen molar-refractivity contribution < 1.29 is 9.59 Å². The molecule has 0 radical (unpaired) electrons. The molecule has 2 heteroatoms. The van der Waals surface area contributed by atoms with Crippen molar-refractivity contribution in [3.63, 3.8) is 0 Å². The molecule has 1 aliphatic rings. The summed E-state index contributed by atoms with van der Waals surface area (Å²) in [7, 11) is 0. The molecule has 1 aromatic rings. The van der Waals surface area contributed by atoms with E-state index in [1.54, 1.807) is 0 Å². The minimum Gasteiger partial charge on any atom is -0.299 e. The third-order valence-electron chi connectivity index (χ3n) is 5.05. The van der Waals surface area contributed by atoms with E-state index in [-0.39, 0.29) is 17.6 Å². The van der Waals surface area contributed by atoms with Gasteiger partial charge < -0.3 is 0 Å². The summed E-state index contributed by atoms with van der Waals surface area (Å²) in [6.07, 6.45) is 2.78. The van der Waals surface area contributed by atoms with Crippen LogP contribution in [0.5, 0.6) is 0 Å². The van der Waals surface area contributed by atoms with Crippen molar-refractivity contribution in [2.45, 2.75) is 47.0 Å². The predicted molar refractivity (Wildman–Crippen MR) is 85.2 cm³/mol. The van der Waals surface area contributed by atoms with Gasteiger partial charge in [-0.15, -0.1) is 0 Å². The zero-order chi connectivity index (χ0) is 15.6. The number of ketones is 2. The molecule has 0 saturated heterocycles. The van der Waals surface area contributed by atoms with Crippen molar-refractivity contribution in [2.75, 3.05) is 0 Å². The zero-order valence-electron chi connectivity index (χ0n) is 13.6. The van der Waals surface area contributed by atoms with Gasteiger partial charge in [-0.05, 0) is 25.2 Å². The van der Waals surface area contributed by atoms with Gasteiger partial charge in [0.05, 0.1) is 0 Å². The lowest BCUT2D eigenvalue weighted by Gasteiger charge is -2.30. The minimum absolute atomic E-state index is 0.0988. The van der Waals surface area contributed by atoms with E-state index in [9.17, 15) is 9.59 Å². The van der Waals surface area contributed by atoms with Crippen LogP contribution in [0.15, 0.2) is 30.3 Å². The lowest BCUT2D eigenvalue weighted by atomic mass is 9.72. The minimum atomic E-state index is -0.395. The highest BCUT2D eigenvalue weighted by Gasteiger charge is 2.43. The molecule has 0 N–H and O–H groups in total. The molecule has 2 unspecified atom stereocenters. The number of carbonyl (C=O) groups excluding carboxylic acids is 2. The van der Waals surface area contributed by atoms with Crippen LogP contribution in [0.25, 0.3) is 0 Å². The number of Topliss-reactive ketones (excluding diaryl/α,β-unsaturated/α-hetero) is 2. The van der Waals surface area contributed by atoms with Crippen LogP contribution in [0.1, 0.15) is 57.3 Å². The Morgan fingerprint density at radius 1 is 1.10 bits per heavy atom. The molecule has 0 aromatic heterocycles. The lowest BCUT2D eigenvalue weighted by Crippen LogP contribution is -2.32. The second-order valence-electron chi connectivity index (χ2n) is 7.18. The van der Waals surface area contributed by atoms with E-state index in [2.05, 4.69) is 0 Å². The monoisotopic (exact) mass is 286 g/mol. The van der Waals surface area contributed by atoms with Gasteiger partial charge in [0, 0.05) is 22.8 Å². The average molecular weight is 286 g/mol. The van der Waals surface area contributed by atoms with Crippen molar-refractivity contribution in [3.05, 3.63) is 35.9 Å². The van der Waals surface area contributed by atoms with Crippen LogP contribution >= 0.6 is 0 Å². The highest BCUT2D eigenvalue weighted by Crippen LogP contribution is 2.44. The predicted octanol–water partition coefficient (Wildman–Crippen LogP) is 4.54. The molecule has 1 saturated carbocycles. The summed E-state index contributed by atoms with van der Waals surface area (Å²) < 4.78 is 0. The van der Waals surface area contributed by atoms with Crippen molar-refractivity contribution in [3.8, 4) is 0 Å². The topological polar surface area (TPSA) is 34.1 Å². The maximum atomic E-state index is 12.8. The first-order valence-electron chi connectivity index (χ1n) is 7.97. The smallest absolute Gasteiger partial charge is 0.168 e. The Labute approximate surface area is 127 Å². The molecule has 0 amide bonds. The van der Waals surface area contributed by atoms with Gasteiger partial charge in [0.1, 0.15) is 5.78 Å². The van der Waals surface area contributed by atoms with Gasteiger partial charge in [0.25, 0.3) is 0 Å². The Morgan fingerprint density at radius 3 is 2.29 bits per heavy atom. The van der Waals surface area contributed by atoms with Crippen LogP contribution in [0.3, 0.4) is 0 Å². The summed E-state index contributed by atoms with van der Waals surface area (Å²) in [5.74, 6) is 1.11. The molecule has 0 spiro atoms. The van der Waals surface area contributed by atoms with Crippen LogP contribution in [-0.2, 0) is 4.79 Å². The molecule has 1 fully saturated rings. The van der Waals surface area contributed by atoms with Gasteiger partial charge in [-0.25, -0.2) is 0 Å². The van der Waals surface area contributed by atoms with Gasteiger partial charge in [-0.2, -0.15) is 0 Å². The van der Waals surface area contributed by atoms with Gasteiger partial charge in [0.2, 0.25) is 0 Å². The quantitative estimate of drug-likeness (QED) is 0.745. The third kappa shape index (κ3) is 3.25. The average Bonchev–Trinajstić information content (AvgIpc) is 2.96. The van der Waals surface area contributed by atoms with Crippen LogP contribution in [0, 0.1) is 23.2 Å². The molecular weight excluding hydrogens is 260 g/mol. The van der Waals surface area contributed by atoms with Gasteiger partial charge in [0.15, 0.2) is 5.78 Å². The van der Waals surface area contributed by atoms with E-state index in [0.29, 0.717) is 11.7 Å². The van der Waals surface area contributed by atoms with Crippen molar-refractivity contribution >= 4 is 11.6 Å². The summed E-state index contributed by atoms with van der Waals surface area (Å²) in [5.41, 5.74) is 0.383. The molecule has 2 nitrogen and oxygen atoms in total. The Bertz CT molecular complexity index is 514. The number of carbonyl (C=O) groups is 2. The van der Waals surface area contributed by atoms with Gasteiger partial charge in [-0.1, -0.05) is 58.0 Å². The Morgan fingerprint density at radius 2 is 1.71 bits per heavy atom. The van der Waals surface area contributed by atoms with Crippen LogP contribution in [-0.4, -0.2) is 11.6 Å². The van der Waals surface area contributed by atoms with E-state index in [4.69, 9.17) is 0 Å². The number of benzene rings is 1. The summed E-state index contributed by atoms with van der Waals surface area (Å²) >= 11 is 0. The van der Waals surface area contributed by atoms with E-state index in [0.717, 1.165) is 24.8 Å². The molecule has 1 aliphatic carbocycles. The summed E-state index contributed by atoms with van der Waals surface area (Å²) in [4.78, 5) is 25.0. The van der Waals surface area contributed by atoms with Gasteiger partial charge in [-0.3, -0.25) is 9.59 Å². The van der Waals surface area contributed by atoms with Crippen molar-refractivity contribution in [1.29, 1.82) is 0 Å².